The van der Waals surface area contributed by atoms with Crippen molar-refractivity contribution in [3.05, 3.63) is 11.9 Å². The van der Waals surface area contributed by atoms with Crippen molar-refractivity contribution < 1.29 is 40.5 Å². The van der Waals surface area contributed by atoms with Crippen LogP contribution in [0.2, 0.25) is 0 Å². The molecule has 2 fully saturated rings. The molecule has 3 heterocycles. The normalized spacial score (nSPS) is 17.8. The molecule has 2 saturated heterocycles. The molecule has 0 bridgehead atoms. The number of aromatic nitrogens is 2. The summed E-state index contributed by atoms with van der Waals surface area (Å²) in [4.78, 5) is 35.6. The van der Waals surface area contributed by atoms with Crippen LogP contribution in [0.3, 0.4) is 0 Å². The summed E-state index contributed by atoms with van der Waals surface area (Å²) in [6.45, 7) is 7.21. The average Bonchev–Trinajstić information content (AvgIpc) is 2.75. The maximum absolute atomic E-state index is 13.4. The molecule has 3 rings (SSSR count). The number of rotatable bonds is 9. The number of alkyl carbamates (subject to hydrolysis) is 1. The van der Waals surface area contributed by atoms with E-state index in [2.05, 4.69) is 20.6 Å². The third-order valence-electron chi connectivity index (χ3n) is 6.31. The lowest BCUT2D eigenvalue weighted by molar-refractivity contribution is -0.144. The summed E-state index contributed by atoms with van der Waals surface area (Å²) in [5.74, 6) is -2.33. The van der Waals surface area contributed by atoms with Crippen molar-refractivity contribution in [3.63, 3.8) is 0 Å². The Morgan fingerprint density at radius 3 is 2.13 bits per heavy atom. The van der Waals surface area contributed by atoms with Crippen LogP contribution in [-0.2, 0) is 25.8 Å². The summed E-state index contributed by atoms with van der Waals surface area (Å²) in [5, 5.41) is 4.73. The highest BCUT2D eigenvalue weighted by atomic mass is 32.2. The Bertz CT molecular complexity index is 1130. The zero-order valence-electron chi connectivity index (χ0n) is 22.1. The van der Waals surface area contributed by atoms with Crippen LogP contribution in [0, 0.1) is 5.92 Å². The highest BCUT2D eigenvalue weighted by molar-refractivity contribution is 7.85. The van der Waals surface area contributed by atoms with Crippen LogP contribution < -0.4 is 20.4 Å². The number of hydrogen-bond acceptors (Lipinski definition) is 9. The van der Waals surface area contributed by atoms with Gasteiger partial charge in [0.25, 0.3) is 10.1 Å². The van der Waals surface area contributed by atoms with E-state index >= 15 is 0 Å². The van der Waals surface area contributed by atoms with Crippen molar-refractivity contribution in [2.24, 2.45) is 5.92 Å². The van der Waals surface area contributed by atoms with Gasteiger partial charge in [-0.1, -0.05) is 0 Å². The number of carbonyl (C=O) groups excluding carboxylic acids is 2. The Labute approximate surface area is 225 Å². The summed E-state index contributed by atoms with van der Waals surface area (Å²) < 4.78 is 77.1. The van der Waals surface area contributed by atoms with Gasteiger partial charge in [-0.2, -0.15) is 21.6 Å². The van der Waals surface area contributed by atoms with Gasteiger partial charge >= 0.3 is 12.3 Å². The molecule has 3 N–H and O–H groups in total. The first kappa shape index (κ1) is 30.7. The van der Waals surface area contributed by atoms with E-state index in [0.717, 1.165) is 6.42 Å². The molecular formula is C23H35F3N6O6S. The summed E-state index contributed by atoms with van der Waals surface area (Å²) in [6, 6.07) is 0.0278. The van der Waals surface area contributed by atoms with Crippen LogP contribution in [0.1, 0.15) is 52.3 Å². The number of carbonyl (C=O) groups is 2. The molecule has 1 aromatic heterocycles. The predicted octanol–water partition coefficient (Wildman–Crippen LogP) is 2.21. The van der Waals surface area contributed by atoms with Crippen LogP contribution in [0.15, 0.2) is 6.07 Å². The van der Waals surface area contributed by atoms with E-state index in [-0.39, 0.29) is 24.1 Å². The topological polar surface area (TPSA) is 154 Å². The molecule has 0 aromatic carbocycles. The van der Waals surface area contributed by atoms with Gasteiger partial charge in [0.2, 0.25) is 11.7 Å². The second-order valence-electron chi connectivity index (χ2n) is 10.7. The van der Waals surface area contributed by atoms with E-state index in [0.29, 0.717) is 45.4 Å². The molecule has 0 aliphatic carbocycles. The second kappa shape index (κ2) is 12.1. The highest BCUT2D eigenvalue weighted by Crippen LogP contribution is 2.33. The van der Waals surface area contributed by atoms with Crippen molar-refractivity contribution in [2.75, 3.05) is 48.3 Å². The van der Waals surface area contributed by atoms with Crippen molar-refractivity contribution in [1.82, 2.24) is 20.6 Å². The zero-order chi connectivity index (χ0) is 29.0. The van der Waals surface area contributed by atoms with Crippen molar-refractivity contribution in [3.8, 4) is 0 Å². The quantitative estimate of drug-likeness (QED) is 0.371. The van der Waals surface area contributed by atoms with Gasteiger partial charge in [-0.05, 0) is 52.4 Å². The monoisotopic (exact) mass is 580 g/mol. The second-order valence-corrected chi connectivity index (χ2v) is 12.2. The number of piperidine rings is 1. The lowest BCUT2D eigenvalue weighted by Gasteiger charge is -2.35. The minimum absolute atomic E-state index is 0.152. The standard InChI is InChI=1S/C23H35F3N6O6S/c1-22(2,3)38-21(34)28-16(14-39(35,36)37)19(33)27-8-5-15-6-11-32(12-7-15)18-13-17(31-9-4-10-31)29-20(30-18)23(24,25)26/h13,15-16H,4-12,14H2,1-3H3,(H,27,33)(H,28,34)(H,35,36,37). The molecule has 220 valence electrons. The molecular weight excluding hydrogens is 545 g/mol. The Kier molecular flexibility index (Phi) is 9.51. The van der Waals surface area contributed by atoms with E-state index in [1.807, 2.05) is 0 Å². The van der Waals surface area contributed by atoms with E-state index in [4.69, 9.17) is 4.74 Å². The van der Waals surface area contributed by atoms with Gasteiger partial charge in [-0.25, -0.2) is 14.8 Å². The number of ether oxygens (including phenoxy) is 1. The lowest BCUT2D eigenvalue weighted by Crippen LogP contribution is -2.51. The van der Waals surface area contributed by atoms with Crippen LogP contribution in [0.4, 0.5) is 29.6 Å². The number of anilines is 2. The lowest BCUT2D eigenvalue weighted by atomic mass is 9.93. The molecule has 16 heteroatoms. The largest absolute Gasteiger partial charge is 0.451 e. The number of halogens is 3. The molecule has 1 aromatic rings. The molecule has 2 aliphatic heterocycles. The van der Waals surface area contributed by atoms with Gasteiger partial charge in [0.1, 0.15) is 29.0 Å². The Hall–Kier alpha value is -2.88. The molecule has 1 unspecified atom stereocenters. The molecule has 1 atom stereocenters. The number of nitrogens with zero attached hydrogens (tertiary/aromatic N) is 4. The maximum Gasteiger partial charge on any atom is 0.451 e. The van der Waals surface area contributed by atoms with Crippen LogP contribution >= 0.6 is 0 Å². The number of hydrogen-bond donors (Lipinski definition) is 3. The molecule has 0 saturated carbocycles. The van der Waals surface area contributed by atoms with Crippen molar-refractivity contribution in [2.45, 2.75) is 64.3 Å². The molecule has 2 aliphatic rings. The van der Waals surface area contributed by atoms with Gasteiger partial charge in [0.15, 0.2) is 0 Å². The Balaban J connectivity index is 1.52. The third-order valence-corrected chi connectivity index (χ3v) is 7.06. The molecule has 12 nitrogen and oxygen atoms in total. The number of alkyl halides is 3. The molecule has 0 radical (unpaired) electrons. The van der Waals surface area contributed by atoms with E-state index in [1.165, 1.54) is 0 Å². The van der Waals surface area contributed by atoms with Gasteiger partial charge in [-0.3, -0.25) is 9.35 Å². The Morgan fingerprint density at radius 2 is 1.67 bits per heavy atom. The zero-order valence-corrected chi connectivity index (χ0v) is 22.9. The van der Waals surface area contributed by atoms with Gasteiger partial charge < -0.3 is 25.2 Å². The minimum Gasteiger partial charge on any atom is -0.444 e. The summed E-state index contributed by atoms with van der Waals surface area (Å²) in [5.41, 5.74) is -0.880. The average molecular weight is 581 g/mol. The molecule has 2 amide bonds. The number of amides is 2. The summed E-state index contributed by atoms with van der Waals surface area (Å²) >= 11 is 0. The number of nitrogens with one attached hydrogen (secondary N) is 2. The van der Waals surface area contributed by atoms with Crippen molar-refractivity contribution >= 4 is 33.8 Å². The van der Waals surface area contributed by atoms with Gasteiger partial charge in [-0.15, -0.1) is 0 Å². The fraction of sp³-hybridized carbons (Fsp3) is 0.739. The van der Waals surface area contributed by atoms with Gasteiger partial charge in [0, 0.05) is 38.8 Å². The highest BCUT2D eigenvalue weighted by Gasteiger charge is 2.37. The maximum atomic E-state index is 13.4. The van der Waals surface area contributed by atoms with E-state index in [1.54, 1.807) is 36.6 Å². The predicted molar refractivity (Wildman–Crippen MR) is 136 cm³/mol. The minimum atomic E-state index is -4.66. The van der Waals surface area contributed by atoms with E-state index in [9.17, 15) is 35.7 Å². The smallest absolute Gasteiger partial charge is 0.444 e. The van der Waals surface area contributed by atoms with Crippen LogP contribution in [-0.4, -0.2) is 85.1 Å². The Morgan fingerprint density at radius 1 is 1.10 bits per heavy atom. The van der Waals surface area contributed by atoms with Gasteiger partial charge in [0.05, 0.1) is 0 Å². The first-order chi connectivity index (χ1) is 18.0. The molecule has 0 spiro atoms. The van der Waals surface area contributed by atoms with Crippen molar-refractivity contribution in [1.29, 1.82) is 0 Å². The van der Waals surface area contributed by atoms with Crippen LogP contribution in [0.5, 0.6) is 0 Å². The van der Waals surface area contributed by atoms with E-state index < -0.39 is 51.5 Å². The molecule has 39 heavy (non-hydrogen) atoms. The third kappa shape index (κ3) is 9.67. The summed E-state index contributed by atoms with van der Waals surface area (Å²) in [7, 11) is -4.58. The van der Waals surface area contributed by atoms with Crippen LogP contribution in [0.25, 0.3) is 0 Å². The first-order valence-electron chi connectivity index (χ1n) is 12.7. The fourth-order valence-electron chi connectivity index (χ4n) is 4.23. The first-order valence-corrected chi connectivity index (χ1v) is 14.3. The summed E-state index contributed by atoms with van der Waals surface area (Å²) in [6.07, 6.45) is -2.94. The SMILES string of the molecule is CC(C)(C)OC(=O)NC(CS(=O)(=O)O)C(=O)NCCC1CCN(c2cc(N3CCC3)nc(C(F)(F)F)n2)CC1. The fourth-order valence-corrected chi connectivity index (χ4v) is 4.89.